The number of aromatic hydroxyl groups is 2. The standard InChI is InChI=1S/C13H16N4O4/c1-2-21-13(20)12-15-11(16-17-12)8(14)5-7-3-4-9(18)10(19)6-7/h3-4,6,8,18-19H,2,5,14H2,1H3,(H,15,16,17). The summed E-state index contributed by atoms with van der Waals surface area (Å²) in [5.74, 6) is -0.767. The second-order valence-electron chi connectivity index (χ2n) is 4.40. The number of carbonyl (C=O) groups is 1. The van der Waals surface area contributed by atoms with Crippen molar-refractivity contribution in [3.8, 4) is 11.5 Å². The van der Waals surface area contributed by atoms with Crippen LogP contribution in [0.25, 0.3) is 0 Å². The number of nitrogens with two attached hydrogens (primary N) is 1. The van der Waals surface area contributed by atoms with E-state index in [1.807, 2.05) is 0 Å². The summed E-state index contributed by atoms with van der Waals surface area (Å²) in [5, 5.41) is 25.0. The minimum Gasteiger partial charge on any atom is -0.504 e. The fourth-order valence-electron chi connectivity index (χ4n) is 1.77. The molecule has 21 heavy (non-hydrogen) atoms. The molecule has 112 valence electrons. The molecule has 0 spiro atoms. The van der Waals surface area contributed by atoms with Crippen molar-refractivity contribution >= 4 is 5.97 Å². The Morgan fingerprint density at radius 2 is 2.19 bits per heavy atom. The zero-order valence-electron chi connectivity index (χ0n) is 11.4. The van der Waals surface area contributed by atoms with Gasteiger partial charge in [0.2, 0.25) is 0 Å². The number of H-pyrrole nitrogens is 1. The second kappa shape index (κ2) is 6.23. The molecular formula is C13H16N4O4. The van der Waals surface area contributed by atoms with Gasteiger partial charge >= 0.3 is 5.97 Å². The summed E-state index contributed by atoms with van der Waals surface area (Å²) in [5.41, 5.74) is 6.69. The molecule has 0 amide bonds. The lowest BCUT2D eigenvalue weighted by Crippen LogP contribution is -2.15. The van der Waals surface area contributed by atoms with E-state index in [-0.39, 0.29) is 23.9 Å². The molecule has 0 saturated carbocycles. The first-order chi connectivity index (χ1) is 10.0. The van der Waals surface area contributed by atoms with E-state index in [0.717, 1.165) is 0 Å². The highest BCUT2D eigenvalue weighted by Crippen LogP contribution is 2.26. The first-order valence-electron chi connectivity index (χ1n) is 6.37. The molecule has 0 aliphatic heterocycles. The van der Waals surface area contributed by atoms with Crippen molar-refractivity contribution < 1.29 is 19.7 Å². The van der Waals surface area contributed by atoms with Crippen LogP contribution in [0.5, 0.6) is 11.5 Å². The van der Waals surface area contributed by atoms with Gasteiger partial charge in [-0.2, -0.15) is 0 Å². The van der Waals surface area contributed by atoms with Crippen molar-refractivity contribution in [2.45, 2.75) is 19.4 Å². The summed E-state index contributed by atoms with van der Waals surface area (Å²) in [7, 11) is 0. The van der Waals surface area contributed by atoms with Gasteiger partial charge in [-0.15, -0.1) is 5.10 Å². The zero-order valence-corrected chi connectivity index (χ0v) is 11.4. The number of esters is 1. The average Bonchev–Trinajstić information content (AvgIpc) is 2.93. The second-order valence-corrected chi connectivity index (χ2v) is 4.40. The Hall–Kier alpha value is -2.61. The van der Waals surface area contributed by atoms with E-state index in [0.29, 0.717) is 17.8 Å². The Kier molecular flexibility index (Phi) is 4.39. The van der Waals surface area contributed by atoms with Gasteiger partial charge in [0.05, 0.1) is 12.6 Å². The number of ether oxygens (including phenoxy) is 1. The predicted molar refractivity (Wildman–Crippen MR) is 72.7 cm³/mol. The molecule has 0 aliphatic rings. The van der Waals surface area contributed by atoms with Crippen LogP contribution in [0, 0.1) is 0 Å². The Morgan fingerprint density at radius 1 is 1.43 bits per heavy atom. The third-order valence-electron chi connectivity index (χ3n) is 2.81. The molecule has 0 saturated heterocycles. The molecule has 0 bridgehead atoms. The van der Waals surface area contributed by atoms with Gasteiger partial charge in [-0.05, 0) is 31.0 Å². The highest BCUT2D eigenvalue weighted by Gasteiger charge is 2.17. The number of aromatic nitrogens is 3. The first-order valence-corrected chi connectivity index (χ1v) is 6.37. The van der Waals surface area contributed by atoms with Crippen molar-refractivity contribution in [1.82, 2.24) is 15.2 Å². The molecule has 8 heteroatoms. The molecule has 0 aliphatic carbocycles. The third-order valence-corrected chi connectivity index (χ3v) is 2.81. The van der Waals surface area contributed by atoms with E-state index in [9.17, 15) is 15.0 Å². The highest BCUT2D eigenvalue weighted by atomic mass is 16.5. The topological polar surface area (TPSA) is 134 Å². The van der Waals surface area contributed by atoms with Gasteiger partial charge in [0, 0.05) is 0 Å². The number of nitrogens with one attached hydrogen (secondary N) is 1. The Bertz CT molecular complexity index is 641. The van der Waals surface area contributed by atoms with Gasteiger partial charge in [0.15, 0.2) is 11.5 Å². The van der Waals surface area contributed by atoms with E-state index >= 15 is 0 Å². The monoisotopic (exact) mass is 292 g/mol. The summed E-state index contributed by atoms with van der Waals surface area (Å²) in [6, 6.07) is 3.89. The Labute approximate surface area is 120 Å². The summed E-state index contributed by atoms with van der Waals surface area (Å²) < 4.78 is 4.78. The normalized spacial score (nSPS) is 12.1. The van der Waals surface area contributed by atoms with Gasteiger partial charge in [-0.3, -0.25) is 5.10 Å². The van der Waals surface area contributed by atoms with Crippen LogP contribution in [0.15, 0.2) is 18.2 Å². The largest absolute Gasteiger partial charge is 0.504 e. The third kappa shape index (κ3) is 3.48. The molecule has 1 atom stereocenters. The number of carbonyl (C=O) groups excluding carboxylic acids is 1. The van der Waals surface area contributed by atoms with E-state index < -0.39 is 12.0 Å². The molecule has 2 aromatic rings. The lowest BCUT2D eigenvalue weighted by atomic mass is 10.1. The molecule has 8 nitrogen and oxygen atoms in total. The van der Waals surface area contributed by atoms with Crippen LogP contribution in [0.2, 0.25) is 0 Å². The van der Waals surface area contributed by atoms with Crippen LogP contribution in [-0.4, -0.2) is 38.0 Å². The minimum absolute atomic E-state index is 0.0733. The van der Waals surface area contributed by atoms with Crippen molar-refractivity contribution in [1.29, 1.82) is 0 Å². The van der Waals surface area contributed by atoms with Crippen molar-refractivity contribution in [3.63, 3.8) is 0 Å². The highest BCUT2D eigenvalue weighted by molar-refractivity contribution is 5.84. The fraction of sp³-hybridized carbons (Fsp3) is 0.308. The number of benzene rings is 1. The number of nitrogens with zero attached hydrogens (tertiary/aromatic N) is 2. The Balaban J connectivity index is 2.08. The molecule has 1 unspecified atom stereocenters. The molecule has 0 fully saturated rings. The van der Waals surface area contributed by atoms with E-state index in [1.165, 1.54) is 12.1 Å². The van der Waals surface area contributed by atoms with Crippen molar-refractivity contribution in [3.05, 3.63) is 35.4 Å². The van der Waals surface area contributed by atoms with E-state index in [2.05, 4.69) is 15.2 Å². The van der Waals surface area contributed by atoms with E-state index in [1.54, 1.807) is 13.0 Å². The summed E-state index contributed by atoms with van der Waals surface area (Å²) >= 11 is 0. The lowest BCUT2D eigenvalue weighted by molar-refractivity contribution is 0.0512. The number of phenols is 2. The molecular weight excluding hydrogens is 276 g/mol. The summed E-state index contributed by atoms with van der Waals surface area (Å²) in [4.78, 5) is 15.4. The maximum atomic E-state index is 11.5. The van der Waals surface area contributed by atoms with Gasteiger partial charge in [0.1, 0.15) is 5.82 Å². The average molecular weight is 292 g/mol. The summed E-state index contributed by atoms with van der Waals surface area (Å²) in [6.45, 7) is 1.93. The number of aromatic amines is 1. The number of hydrogen-bond acceptors (Lipinski definition) is 7. The number of phenolic OH excluding ortho intramolecular Hbond substituents is 2. The minimum atomic E-state index is -0.616. The Morgan fingerprint density at radius 3 is 2.86 bits per heavy atom. The van der Waals surface area contributed by atoms with Gasteiger partial charge in [0.25, 0.3) is 5.82 Å². The van der Waals surface area contributed by atoms with Crippen LogP contribution in [0.4, 0.5) is 0 Å². The van der Waals surface area contributed by atoms with Crippen LogP contribution < -0.4 is 5.73 Å². The smallest absolute Gasteiger partial charge is 0.378 e. The zero-order chi connectivity index (χ0) is 15.4. The van der Waals surface area contributed by atoms with Crippen LogP contribution >= 0.6 is 0 Å². The van der Waals surface area contributed by atoms with Crippen molar-refractivity contribution in [2.24, 2.45) is 5.73 Å². The van der Waals surface area contributed by atoms with Crippen LogP contribution in [0.3, 0.4) is 0 Å². The van der Waals surface area contributed by atoms with Gasteiger partial charge < -0.3 is 20.7 Å². The van der Waals surface area contributed by atoms with Gasteiger partial charge in [-0.1, -0.05) is 6.07 Å². The molecule has 0 radical (unpaired) electrons. The van der Waals surface area contributed by atoms with Crippen molar-refractivity contribution in [2.75, 3.05) is 6.61 Å². The first kappa shape index (κ1) is 14.8. The van der Waals surface area contributed by atoms with Gasteiger partial charge in [-0.25, -0.2) is 9.78 Å². The quantitative estimate of drug-likeness (QED) is 0.469. The molecule has 1 aromatic carbocycles. The fourth-order valence-corrected chi connectivity index (χ4v) is 1.77. The lowest BCUT2D eigenvalue weighted by Gasteiger charge is -2.09. The van der Waals surface area contributed by atoms with Crippen LogP contribution in [-0.2, 0) is 11.2 Å². The number of rotatable bonds is 5. The molecule has 1 aromatic heterocycles. The number of hydrogen-bond donors (Lipinski definition) is 4. The summed E-state index contributed by atoms with van der Waals surface area (Å²) in [6.07, 6.45) is 0.352. The SMILES string of the molecule is CCOC(=O)c1n[nH]c(C(N)Cc2ccc(O)c(O)c2)n1. The predicted octanol–water partition coefficient (Wildman–Crippen LogP) is 0.635. The molecule has 5 N–H and O–H groups in total. The maximum Gasteiger partial charge on any atom is 0.378 e. The molecule has 2 rings (SSSR count). The molecule has 1 heterocycles. The maximum absolute atomic E-state index is 11.5. The van der Waals surface area contributed by atoms with Crippen LogP contribution in [0.1, 0.15) is 35.0 Å². The van der Waals surface area contributed by atoms with E-state index in [4.69, 9.17) is 10.5 Å².